The molecule has 0 unspecified atom stereocenters. The molecule has 0 radical (unpaired) electrons. The zero-order valence-corrected chi connectivity index (χ0v) is 7.29. The van der Waals surface area contributed by atoms with Gasteiger partial charge < -0.3 is 0 Å². The quantitative estimate of drug-likeness (QED) is 0.361. The van der Waals surface area contributed by atoms with E-state index in [4.69, 9.17) is 5.26 Å². The molecule has 0 atom stereocenters. The van der Waals surface area contributed by atoms with Crippen LogP contribution in [0.25, 0.3) is 0 Å². The van der Waals surface area contributed by atoms with Crippen LogP contribution in [0.1, 0.15) is 13.8 Å². The Bertz CT molecular complexity index is 289. The summed E-state index contributed by atoms with van der Waals surface area (Å²) in [6, 6.07) is 1.97. The van der Waals surface area contributed by atoms with Crippen LogP contribution in [0.3, 0.4) is 0 Å². The monoisotopic (exact) mass is 161 g/mol. The van der Waals surface area contributed by atoms with Gasteiger partial charge in [0.05, 0.1) is 6.07 Å². The third-order valence-electron chi connectivity index (χ3n) is 1.36. The van der Waals surface area contributed by atoms with E-state index >= 15 is 0 Å². The van der Waals surface area contributed by atoms with E-state index in [1.165, 1.54) is 6.92 Å². The van der Waals surface area contributed by atoms with Gasteiger partial charge in [0.1, 0.15) is 0 Å². The number of carbonyl (C=O) groups is 1. The van der Waals surface area contributed by atoms with Crippen molar-refractivity contribution in [2.24, 2.45) is 0 Å². The number of allylic oxidation sites excluding steroid dienone is 5. The first kappa shape index (κ1) is 10.4. The van der Waals surface area contributed by atoms with Crippen LogP contribution >= 0.6 is 0 Å². The van der Waals surface area contributed by atoms with E-state index in [0.717, 1.165) is 0 Å². The molecule has 0 aliphatic heterocycles. The smallest absolute Gasteiger partial charge is 0.159 e. The number of carbonyl (C=O) groups excluding carboxylic acids is 1. The molecule has 0 N–H and O–H groups in total. The fraction of sp³-hybridized carbons (Fsp3) is 0.200. The number of nitrogens with zero attached hydrogens (tertiary/aromatic N) is 1. The fourth-order valence-corrected chi connectivity index (χ4v) is 0.506. The summed E-state index contributed by atoms with van der Waals surface area (Å²) in [6.07, 6.45) is 4.79. The van der Waals surface area contributed by atoms with Crippen molar-refractivity contribution in [3.63, 3.8) is 0 Å². The van der Waals surface area contributed by atoms with Crippen molar-refractivity contribution in [2.75, 3.05) is 0 Å². The predicted octanol–water partition coefficient (Wildman–Crippen LogP) is 2.16. The zero-order valence-electron chi connectivity index (χ0n) is 7.29. The van der Waals surface area contributed by atoms with Crippen molar-refractivity contribution < 1.29 is 4.79 Å². The van der Waals surface area contributed by atoms with E-state index in [9.17, 15) is 4.79 Å². The average Bonchev–Trinajstić information content (AvgIpc) is 2.05. The summed E-state index contributed by atoms with van der Waals surface area (Å²) >= 11 is 0. The average molecular weight is 161 g/mol. The number of hydrogen-bond acceptors (Lipinski definition) is 2. The molecule has 0 aromatic heterocycles. The summed E-state index contributed by atoms with van der Waals surface area (Å²) in [5.74, 6) is -0.0837. The Kier molecular flexibility index (Phi) is 4.40. The SMILES string of the molecule is C=C(/C=C\C(C#N)=C/C)C(C)=O. The summed E-state index contributed by atoms with van der Waals surface area (Å²) in [6.45, 7) is 6.72. The van der Waals surface area contributed by atoms with Crippen molar-refractivity contribution in [3.8, 4) is 6.07 Å². The maximum atomic E-state index is 10.7. The zero-order chi connectivity index (χ0) is 9.56. The molecule has 12 heavy (non-hydrogen) atoms. The van der Waals surface area contributed by atoms with Crippen LogP contribution in [0.5, 0.6) is 0 Å². The van der Waals surface area contributed by atoms with Crippen molar-refractivity contribution in [1.29, 1.82) is 5.26 Å². The van der Waals surface area contributed by atoms with Gasteiger partial charge in [0.15, 0.2) is 5.78 Å². The summed E-state index contributed by atoms with van der Waals surface area (Å²) in [5, 5.41) is 8.49. The second kappa shape index (κ2) is 5.09. The molecular weight excluding hydrogens is 150 g/mol. The molecule has 0 aliphatic carbocycles. The number of nitriles is 1. The van der Waals surface area contributed by atoms with E-state index in [1.54, 1.807) is 25.2 Å². The Hall–Kier alpha value is -1.62. The number of hydrogen-bond donors (Lipinski definition) is 0. The van der Waals surface area contributed by atoms with E-state index < -0.39 is 0 Å². The maximum Gasteiger partial charge on any atom is 0.159 e. The van der Waals surface area contributed by atoms with E-state index in [1.807, 2.05) is 6.07 Å². The summed E-state index contributed by atoms with van der Waals surface area (Å²) in [5.41, 5.74) is 0.932. The van der Waals surface area contributed by atoms with Crippen molar-refractivity contribution in [2.45, 2.75) is 13.8 Å². The van der Waals surface area contributed by atoms with Crippen LogP contribution in [0.2, 0.25) is 0 Å². The molecule has 0 rings (SSSR count). The Labute approximate surface area is 72.5 Å². The van der Waals surface area contributed by atoms with E-state index in [2.05, 4.69) is 6.58 Å². The highest BCUT2D eigenvalue weighted by Crippen LogP contribution is 1.99. The Morgan fingerprint density at radius 3 is 2.42 bits per heavy atom. The first-order valence-corrected chi connectivity index (χ1v) is 3.56. The fourth-order valence-electron chi connectivity index (χ4n) is 0.506. The van der Waals surface area contributed by atoms with Crippen LogP contribution in [0.15, 0.2) is 36.0 Å². The standard InChI is InChI=1S/C10H11NO/c1-4-10(7-11)6-5-8(2)9(3)12/h4-6H,2H2,1,3H3/b6-5-,10-4+. The third kappa shape index (κ3) is 3.52. The molecule has 0 amide bonds. The Balaban J connectivity index is 4.37. The lowest BCUT2D eigenvalue weighted by Crippen LogP contribution is -1.89. The topological polar surface area (TPSA) is 40.9 Å². The lowest BCUT2D eigenvalue weighted by molar-refractivity contribution is -0.113. The van der Waals surface area contributed by atoms with Gasteiger partial charge in [-0.1, -0.05) is 18.7 Å². The molecule has 2 heteroatoms. The van der Waals surface area contributed by atoms with Gasteiger partial charge in [0, 0.05) is 11.1 Å². The second-order valence-corrected chi connectivity index (χ2v) is 2.27. The highest BCUT2D eigenvalue weighted by Gasteiger charge is 1.93. The van der Waals surface area contributed by atoms with Crippen LogP contribution in [-0.4, -0.2) is 5.78 Å². The van der Waals surface area contributed by atoms with Crippen molar-refractivity contribution in [3.05, 3.63) is 36.0 Å². The molecule has 62 valence electrons. The minimum absolute atomic E-state index is 0.0837. The van der Waals surface area contributed by atoms with Gasteiger partial charge >= 0.3 is 0 Å². The molecular formula is C10H11NO. The third-order valence-corrected chi connectivity index (χ3v) is 1.36. The van der Waals surface area contributed by atoms with Gasteiger partial charge in [-0.15, -0.1) is 0 Å². The molecule has 0 saturated heterocycles. The highest BCUT2D eigenvalue weighted by atomic mass is 16.1. The molecule has 0 fully saturated rings. The Morgan fingerprint density at radius 2 is 2.08 bits per heavy atom. The first-order valence-electron chi connectivity index (χ1n) is 3.56. The van der Waals surface area contributed by atoms with Crippen LogP contribution in [-0.2, 0) is 4.79 Å². The van der Waals surface area contributed by atoms with Gasteiger partial charge in [-0.3, -0.25) is 4.79 Å². The van der Waals surface area contributed by atoms with Crippen LogP contribution < -0.4 is 0 Å². The largest absolute Gasteiger partial charge is 0.295 e. The first-order chi connectivity index (χ1) is 5.61. The molecule has 0 aromatic rings. The van der Waals surface area contributed by atoms with Gasteiger partial charge in [0.2, 0.25) is 0 Å². The summed E-state index contributed by atoms with van der Waals surface area (Å²) in [7, 11) is 0. The molecule has 0 heterocycles. The molecule has 0 spiro atoms. The lowest BCUT2D eigenvalue weighted by atomic mass is 10.1. The van der Waals surface area contributed by atoms with Gasteiger partial charge in [-0.25, -0.2) is 0 Å². The lowest BCUT2D eigenvalue weighted by Gasteiger charge is -1.89. The van der Waals surface area contributed by atoms with E-state index in [0.29, 0.717) is 11.1 Å². The second-order valence-electron chi connectivity index (χ2n) is 2.27. The normalized spacial score (nSPS) is 11.2. The van der Waals surface area contributed by atoms with Crippen LogP contribution in [0, 0.1) is 11.3 Å². The van der Waals surface area contributed by atoms with Gasteiger partial charge in [-0.05, 0) is 19.9 Å². The highest BCUT2D eigenvalue weighted by molar-refractivity contribution is 5.95. The maximum absolute atomic E-state index is 10.7. The number of Topliss-reactive ketones (excluding diaryl/α,β-unsaturated/α-hetero) is 1. The Morgan fingerprint density at radius 1 is 1.50 bits per heavy atom. The number of ketones is 1. The summed E-state index contributed by atoms with van der Waals surface area (Å²) < 4.78 is 0. The molecule has 0 saturated carbocycles. The molecule has 0 aliphatic rings. The summed E-state index contributed by atoms with van der Waals surface area (Å²) in [4.78, 5) is 10.7. The van der Waals surface area contributed by atoms with Crippen molar-refractivity contribution >= 4 is 5.78 Å². The molecule has 2 nitrogen and oxygen atoms in total. The minimum Gasteiger partial charge on any atom is -0.295 e. The molecule has 0 bridgehead atoms. The van der Waals surface area contributed by atoms with Gasteiger partial charge in [-0.2, -0.15) is 5.26 Å². The van der Waals surface area contributed by atoms with E-state index in [-0.39, 0.29) is 5.78 Å². The van der Waals surface area contributed by atoms with Gasteiger partial charge in [0.25, 0.3) is 0 Å². The van der Waals surface area contributed by atoms with Crippen LogP contribution in [0.4, 0.5) is 0 Å². The minimum atomic E-state index is -0.0837. The van der Waals surface area contributed by atoms with Crippen molar-refractivity contribution in [1.82, 2.24) is 0 Å². The predicted molar refractivity (Wildman–Crippen MR) is 48.3 cm³/mol. The number of rotatable bonds is 3. The molecule has 0 aromatic carbocycles.